The van der Waals surface area contributed by atoms with Gasteiger partial charge in [0, 0.05) is 25.0 Å². The van der Waals surface area contributed by atoms with Gasteiger partial charge in [0.15, 0.2) is 11.0 Å². The lowest BCUT2D eigenvalue weighted by atomic mass is 10.1. The molecule has 0 aliphatic carbocycles. The van der Waals surface area contributed by atoms with Crippen LogP contribution < -0.4 is 10.1 Å². The molecule has 0 fully saturated rings. The molecule has 0 radical (unpaired) electrons. The number of ether oxygens (including phenoxy) is 1. The van der Waals surface area contributed by atoms with Crippen LogP contribution in [0.3, 0.4) is 0 Å². The minimum absolute atomic E-state index is 0.0475. The summed E-state index contributed by atoms with van der Waals surface area (Å²) in [5, 5.41) is 3.29. The van der Waals surface area contributed by atoms with Gasteiger partial charge in [-0.05, 0) is 17.7 Å². The Morgan fingerprint density at radius 1 is 1.16 bits per heavy atom. The molecule has 0 aliphatic rings. The first-order valence-corrected chi connectivity index (χ1v) is 10.2. The molecule has 1 amide bonds. The van der Waals surface area contributed by atoms with Crippen molar-refractivity contribution in [2.75, 3.05) is 5.32 Å². The Balaban J connectivity index is 1.54. The number of carbonyl (C=O) groups excluding carboxylic acids is 1. The second-order valence-corrected chi connectivity index (χ2v) is 7.67. The first kappa shape index (κ1) is 20.7. The predicted octanol–water partition coefficient (Wildman–Crippen LogP) is 4.99. The number of nitrogens with one attached hydrogen (secondary N) is 1. The van der Waals surface area contributed by atoms with Gasteiger partial charge in [0.25, 0.3) is 0 Å². The molecule has 9 heteroatoms. The third kappa shape index (κ3) is 4.95. The third-order valence-corrected chi connectivity index (χ3v) is 5.42. The molecule has 0 bridgehead atoms. The summed E-state index contributed by atoms with van der Waals surface area (Å²) in [6.45, 7) is -2.88. The van der Waals surface area contributed by atoms with Crippen LogP contribution in [-0.2, 0) is 18.3 Å². The van der Waals surface area contributed by atoms with Crippen molar-refractivity contribution in [1.29, 1.82) is 0 Å². The molecule has 0 atom stereocenters. The molecule has 2 aromatic heterocycles. The van der Waals surface area contributed by atoms with Gasteiger partial charge >= 0.3 is 6.61 Å². The van der Waals surface area contributed by atoms with Crippen LogP contribution in [0.5, 0.6) is 5.75 Å². The van der Waals surface area contributed by atoms with E-state index in [1.54, 1.807) is 18.3 Å². The Hall–Kier alpha value is -3.59. The van der Waals surface area contributed by atoms with Crippen molar-refractivity contribution < 1.29 is 18.3 Å². The highest BCUT2D eigenvalue weighted by molar-refractivity contribution is 7.19. The number of imidazole rings is 1. The van der Waals surface area contributed by atoms with Gasteiger partial charge in [0.1, 0.15) is 5.75 Å². The number of alkyl halides is 2. The summed E-state index contributed by atoms with van der Waals surface area (Å²) in [6, 6.07) is 15.7. The maximum absolute atomic E-state index is 12.5. The lowest BCUT2D eigenvalue weighted by Crippen LogP contribution is -2.14. The highest BCUT2D eigenvalue weighted by atomic mass is 32.1. The molecule has 1 N–H and O–H groups in total. The topological polar surface area (TPSA) is 69.0 Å². The fourth-order valence-electron chi connectivity index (χ4n) is 3.04. The van der Waals surface area contributed by atoms with E-state index in [0.717, 1.165) is 22.0 Å². The van der Waals surface area contributed by atoms with Crippen molar-refractivity contribution in [1.82, 2.24) is 14.5 Å². The van der Waals surface area contributed by atoms with Crippen LogP contribution in [-0.4, -0.2) is 27.1 Å². The maximum Gasteiger partial charge on any atom is 0.387 e. The van der Waals surface area contributed by atoms with Crippen LogP contribution in [0.4, 0.5) is 13.9 Å². The molecule has 6 nitrogen and oxygen atoms in total. The van der Waals surface area contributed by atoms with E-state index < -0.39 is 6.61 Å². The van der Waals surface area contributed by atoms with E-state index >= 15 is 0 Å². The molecule has 0 unspecified atom stereocenters. The fraction of sp³-hybridized carbons (Fsp3) is 0.136. The van der Waals surface area contributed by atoms with Gasteiger partial charge in [-0.1, -0.05) is 53.8 Å². The monoisotopic (exact) mass is 440 g/mol. The average Bonchev–Trinajstić information content (AvgIpc) is 3.35. The van der Waals surface area contributed by atoms with Crippen LogP contribution in [0, 0.1) is 0 Å². The normalized spacial score (nSPS) is 11.0. The summed E-state index contributed by atoms with van der Waals surface area (Å²) in [4.78, 5) is 22.4. The smallest absolute Gasteiger partial charge is 0.387 e. The third-order valence-electron chi connectivity index (χ3n) is 4.46. The minimum Gasteiger partial charge on any atom is -0.435 e. The van der Waals surface area contributed by atoms with Crippen LogP contribution in [0.2, 0.25) is 0 Å². The van der Waals surface area contributed by atoms with Crippen LogP contribution in [0.25, 0.3) is 22.0 Å². The highest BCUT2D eigenvalue weighted by Crippen LogP contribution is 2.38. The Kier molecular flexibility index (Phi) is 6.03. The molecule has 2 aromatic carbocycles. The van der Waals surface area contributed by atoms with Crippen molar-refractivity contribution >= 4 is 22.4 Å². The van der Waals surface area contributed by atoms with Crippen LogP contribution in [0.15, 0.2) is 67.0 Å². The first-order valence-electron chi connectivity index (χ1n) is 9.37. The number of aryl methyl sites for hydroxylation is 1. The number of benzene rings is 2. The van der Waals surface area contributed by atoms with E-state index in [9.17, 15) is 13.6 Å². The molecule has 0 saturated heterocycles. The summed E-state index contributed by atoms with van der Waals surface area (Å²) < 4.78 is 30.7. The van der Waals surface area contributed by atoms with Gasteiger partial charge in [-0.2, -0.15) is 8.78 Å². The summed E-state index contributed by atoms with van der Waals surface area (Å²) >= 11 is 1.34. The van der Waals surface area contributed by atoms with E-state index in [0.29, 0.717) is 10.7 Å². The predicted molar refractivity (Wildman–Crippen MR) is 115 cm³/mol. The summed E-state index contributed by atoms with van der Waals surface area (Å²) in [6.07, 6.45) is 3.64. The molecular formula is C22H18F2N4O2S. The maximum atomic E-state index is 12.5. The van der Waals surface area contributed by atoms with E-state index in [4.69, 9.17) is 0 Å². The number of carbonyl (C=O) groups is 1. The van der Waals surface area contributed by atoms with Crippen molar-refractivity contribution in [3.8, 4) is 27.7 Å². The lowest BCUT2D eigenvalue weighted by molar-refractivity contribution is -0.115. The molecule has 0 aliphatic heterocycles. The zero-order chi connectivity index (χ0) is 21.8. The second-order valence-electron chi connectivity index (χ2n) is 6.67. The number of aromatic nitrogens is 3. The minimum atomic E-state index is -2.88. The standard InChI is InChI=1S/C22H18F2N4O2S/c1-28-12-11-25-20(28)19-18(15-5-3-2-4-6-15)27-22(31-19)26-17(29)13-14-7-9-16(10-8-14)30-21(23)24/h2-12,21H,13H2,1H3,(H,26,27,29). The Morgan fingerprint density at radius 3 is 2.55 bits per heavy atom. The molecule has 2 heterocycles. The second kappa shape index (κ2) is 9.05. The van der Waals surface area contributed by atoms with Gasteiger partial charge in [-0.15, -0.1) is 0 Å². The highest BCUT2D eigenvalue weighted by Gasteiger charge is 2.19. The van der Waals surface area contributed by atoms with Gasteiger partial charge < -0.3 is 14.6 Å². The summed E-state index contributed by atoms with van der Waals surface area (Å²) in [5.41, 5.74) is 2.33. The van der Waals surface area contributed by atoms with Crippen LogP contribution in [0.1, 0.15) is 5.56 Å². The van der Waals surface area contributed by atoms with Crippen molar-refractivity contribution in [3.63, 3.8) is 0 Å². The van der Waals surface area contributed by atoms with Gasteiger partial charge in [-0.25, -0.2) is 9.97 Å². The zero-order valence-corrected chi connectivity index (χ0v) is 17.3. The van der Waals surface area contributed by atoms with E-state index in [1.807, 2.05) is 48.1 Å². The summed E-state index contributed by atoms with van der Waals surface area (Å²) in [7, 11) is 1.90. The largest absolute Gasteiger partial charge is 0.435 e. The number of nitrogens with zero attached hydrogens (tertiary/aromatic N) is 3. The molecule has 0 saturated carbocycles. The first-order chi connectivity index (χ1) is 15.0. The van der Waals surface area contributed by atoms with Gasteiger partial charge in [-0.3, -0.25) is 4.79 Å². The number of hydrogen-bond acceptors (Lipinski definition) is 5. The number of rotatable bonds is 7. The zero-order valence-electron chi connectivity index (χ0n) is 16.5. The van der Waals surface area contributed by atoms with E-state index in [-0.39, 0.29) is 18.1 Å². The number of hydrogen-bond donors (Lipinski definition) is 1. The van der Waals surface area contributed by atoms with E-state index in [1.165, 1.54) is 23.5 Å². The van der Waals surface area contributed by atoms with Crippen molar-refractivity contribution in [2.45, 2.75) is 13.0 Å². The SMILES string of the molecule is Cn1ccnc1-c1sc(NC(=O)Cc2ccc(OC(F)F)cc2)nc1-c1ccccc1. The van der Waals surface area contributed by atoms with Gasteiger partial charge in [0.05, 0.1) is 17.0 Å². The number of halogens is 2. The quantitative estimate of drug-likeness (QED) is 0.439. The summed E-state index contributed by atoms with van der Waals surface area (Å²) in [5.74, 6) is 0.542. The van der Waals surface area contributed by atoms with Crippen molar-refractivity contribution in [3.05, 3.63) is 72.6 Å². The molecule has 4 rings (SSSR count). The number of amides is 1. The number of thiazole rings is 1. The van der Waals surface area contributed by atoms with E-state index in [2.05, 4.69) is 20.0 Å². The molecule has 4 aromatic rings. The average molecular weight is 440 g/mol. The van der Waals surface area contributed by atoms with Crippen molar-refractivity contribution in [2.24, 2.45) is 7.05 Å². The molecule has 31 heavy (non-hydrogen) atoms. The Morgan fingerprint density at radius 2 is 1.90 bits per heavy atom. The van der Waals surface area contributed by atoms with Gasteiger partial charge in [0.2, 0.25) is 5.91 Å². The fourth-order valence-corrected chi connectivity index (χ4v) is 4.08. The molecule has 158 valence electrons. The lowest BCUT2D eigenvalue weighted by Gasteiger charge is -2.06. The Labute approximate surface area is 181 Å². The Bertz CT molecular complexity index is 1170. The molecule has 0 spiro atoms. The van der Waals surface area contributed by atoms with Crippen LogP contribution >= 0.6 is 11.3 Å². The molecular weight excluding hydrogens is 422 g/mol. The number of anilines is 1.